The van der Waals surface area contributed by atoms with Gasteiger partial charge in [-0.3, -0.25) is 0 Å². The Bertz CT molecular complexity index is 691. The molecule has 18 heavy (non-hydrogen) atoms. The van der Waals surface area contributed by atoms with E-state index in [4.69, 9.17) is 4.74 Å². The smallest absolute Gasteiger partial charge is 0.182 e. The molecule has 2 aromatic heterocycles. The van der Waals surface area contributed by atoms with Gasteiger partial charge in [0, 0.05) is 11.8 Å². The molecule has 3 aromatic rings. The zero-order valence-corrected chi connectivity index (χ0v) is 11.3. The molecule has 4 nitrogen and oxygen atoms in total. The summed E-state index contributed by atoms with van der Waals surface area (Å²) in [5.74, 6) is 1.52. The summed E-state index contributed by atoms with van der Waals surface area (Å²) in [5, 5.41) is 4.43. The monoisotopic (exact) mass is 303 g/mol. The molecular formula is C13H10BrN3O. The summed E-state index contributed by atoms with van der Waals surface area (Å²) in [6, 6.07) is 11.6. The van der Waals surface area contributed by atoms with Crippen LogP contribution in [-0.4, -0.2) is 21.7 Å². The Labute approximate surface area is 112 Å². The number of pyridine rings is 1. The first-order chi connectivity index (χ1) is 8.78. The lowest BCUT2D eigenvalue weighted by Crippen LogP contribution is -1.86. The maximum Gasteiger partial charge on any atom is 0.182 e. The fraction of sp³-hybridized carbons (Fsp3) is 0.0769. The Morgan fingerprint density at radius 2 is 1.94 bits per heavy atom. The number of aromatic nitrogens is 3. The van der Waals surface area contributed by atoms with Crippen molar-refractivity contribution in [2.45, 2.75) is 0 Å². The summed E-state index contributed by atoms with van der Waals surface area (Å²) >= 11 is 3.46. The maximum atomic E-state index is 5.13. The van der Waals surface area contributed by atoms with Crippen molar-refractivity contribution in [1.82, 2.24) is 14.6 Å². The van der Waals surface area contributed by atoms with Gasteiger partial charge in [0.2, 0.25) is 0 Å². The van der Waals surface area contributed by atoms with E-state index in [-0.39, 0.29) is 0 Å². The van der Waals surface area contributed by atoms with Gasteiger partial charge >= 0.3 is 0 Å². The first-order valence-corrected chi connectivity index (χ1v) is 6.22. The van der Waals surface area contributed by atoms with Crippen LogP contribution in [0.25, 0.3) is 17.0 Å². The van der Waals surface area contributed by atoms with Gasteiger partial charge in [0.1, 0.15) is 5.75 Å². The van der Waals surface area contributed by atoms with E-state index in [1.165, 1.54) is 0 Å². The molecule has 1 aromatic carbocycles. The quantitative estimate of drug-likeness (QED) is 0.730. The molecule has 0 aliphatic carbocycles. The molecular weight excluding hydrogens is 294 g/mol. The number of ether oxygens (including phenoxy) is 1. The highest BCUT2D eigenvalue weighted by Crippen LogP contribution is 2.22. The minimum atomic E-state index is 0.699. The van der Waals surface area contributed by atoms with Gasteiger partial charge < -0.3 is 4.74 Å². The average Bonchev–Trinajstić information content (AvgIpc) is 2.84. The summed E-state index contributed by atoms with van der Waals surface area (Å²) in [4.78, 5) is 4.50. The van der Waals surface area contributed by atoms with Crippen molar-refractivity contribution in [3.8, 4) is 17.1 Å². The van der Waals surface area contributed by atoms with Crippen molar-refractivity contribution in [3.05, 3.63) is 47.1 Å². The van der Waals surface area contributed by atoms with Crippen molar-refractivity contribution in [2.75, 3.05) is 7.11 Å². The van der Waals surface area contributed by atoms with E-state index in [9.17, 15) is 0 Å². The fourth-order valence-electron chi connectivity index (χ4n) is 1.74. The standard InChI is InChI=1S/C13H10BrN3O/c1-18-10-6-4-9(5-7-10)12-15-13-11(14)3-2-8-17(13)16-12/h2-8H,1H3. The first-order valence-electron chi connectivity index (χ1n) is 5.43. The molecule has 0 spiro atoms. The van der Waals surface area contributed by atoms with Crippen LogP contribution >= 0.6 is 15.9 Å². The van der Waals surface area contributed by atoms with Crippen LogP contribution in [0.15, 0.2) is 47.1 Å². The van der Waals surface area contributed by atoms with Crippen molar-refractivity contribution < 1.29 is 4.74 Å². The molecule has 0 fully saturated rings. The SMILES string of the molecule is COc1ccc(-c2nc3c(Br)cccn3n2)cc1. The van der Waals surface area contributed by atoms with E-state index in [1.54, 1.807) is 11.6 Å². The minimum absolute atomic E-state index is 0.699. The largest absolute Gasteiger partial charge is 0.497 e. The van der Waals surface area contributed by atoms with Crippen LogP contribution < -0.4 is 4.74 Å². The number of methoxy groups -OCH3 is 1. The summed E-state index contributed by atoms with van der Waals surface area (Å²) < 4.78 is 7.81. The van der Waals surface area contributed by atoms with Gasteiger partial charge in [-0.15, -0.1) is 5.10 Å². The van der Waals surface area contributed by atoms with Crippen molar-refractivity contribution in [3.63, 3.8) is 0 Å². The summed E-state index contributed by atoms with van der Waals surface area (Å²) in [6.07, 6.45) is 1.88. The van der Waals surface area contributed by atoms with Gasteiger partial charge in [0.15, 0.2) is 11.5 Å². The van der Waals surface area contributed by atoms with Crippen LogP contribution in [0.2, 0.25) is 0 Å². The van der Waals surface area contributed by atoms with E-state index in [1.807, 2.05) is 42.6 Å². The van der Waals surface area contributed by atoms with Gasteiger partial charge in [0.25, 0.3) is 0 Å². The van der Waals surface area contributed by atoms with Crippen LogP contribution in [0.5, 0.6) is 5.75 Å². The third kappa shape index (κ3) is 1.86. The van der Waals surface area contributed by atoms with E-state index < -0.39 is 0 Å². The highest BCUT2D eigenvalue weighted by molar-refractivity contribution is 9.10. The second-order valence-corrected chi connectivity index (χ2v) is 4.64. The van der Waals surface area contributed by atoms with Gasteiger partial charge in [-0.1, -0.05) is 0 Å². The number of rotatable bonds is 2. The Kier molecular flexibility index (Phi) is 2.76. The Hall–Kier alpha value is -1.88. The molecule has 0 saturated heterocycles. The van der Waals surface area contributed by atoms with Crippen LogP contribution in [0.1, 0.15) is 0 Å². The number of hydrogen-bond acceptors (Lipinski definition) is 3. The molecule has 0 amide bonds. The first kappa shape index (κ1) is 11.2. The fourth-order valence-corrected chi connectivity index (χ4v) is 2.16. The van der Waals surface area contributed by atoms with Crippen molar-refractivity contribution >= 4 is 21.6 Å². The minimum Gasteiger partial charge on any atom is -0.497 e. The summed E-state index contributed by atoms with van der Waals surface area (Å²) in [6.45, 7) is 0. The molecule has 2 heterocycles. The number of fused-ring (bicyclic) bond motifs is 1. The van der Waals surface area contributed by atoms with Gasteiger partial charge in [-0.25, -0.2) is 9.50 Å². The zero-order valence-electron chi connectivity index (χ0n) is 9.67. The van der Waals surface area contributed by atoms with Gasteiger partial charge in [0.05, 0.1) is 11.6 Å². The number of halogens is 1. The molecule has 0 unspecified atom stereocenters. The van der Waals surface area contributed by atoms with E-state index in [2.05, 4.69) is 26.0 Å². The molecule has 90 valence electrons. The molecule has 0 atom stereocenters. The topological polar surface area (TPSA) is 39.4 Å². The third-order valence-electron chi connectivity index (χ3n) is 2.66. The van der Waals surface area contributed by atoms with Gasteiger partial charge in [-0.05, 0) is 52.3 Å². The van der Waals surface area contributed by atoms with Crippen LogP contribution in [0.3, 0.4) is 0 Å². The van der Waals surface area contributed by atoms with Gasteiger partial charge in [-0.2, -0.15) is 0 Å². The molecule has 5 heteroatoms. The Balaban J connectivity index is 2.10. The highest BCUT2D eigenvalue weighted by Gasteiger charge is 2.08. The Morgan fingerprint density at radius 1 is 1.17 bits per heavy atom. The van der Waals surface area contributed by atoms with Crippen LogP contribution in [0, 0.1) is 0 Å². The van der Waals surface area contributed by atoms with Crippen molar-refractivity contribution in [2.24, 2.45) is 0 Å². The Morgan fingerprint density at radius 3 is 2.61 bits per heavy atom. The second kappa shape index (κ2) is 4.42. The third-order valence-corrected chi connectivity index (χ3v) is 3.28. The number of benzene rings is 1. The lowest BCUT2D eigenvalue weighted by molar-refractivity contribution is 0.415. The lowest BCUT2D eigenvalue weighted by atomic mass is 10.2. The number of nitrogens with zero attached hydrogens (tertiary/aromatic N) is 3. The van der Waals surface area contributed by atoms with Crippen LogP contribution in [-0.2, 0) is 0 Å². The predicted octanol–water partition coefficient (Wildman–Crippen LogP) is 3.17. The molecule has 3 rings (SSSR count). The molecule has 0 aliphatic rings. The van der Waals surface area contributed by atoms with E-state index in [0.717, 1.165) is 21.4 Å². The second-order valence-electron chi connectivity index (χ2n) is 3.79. The van der Waals surface area contributed by atoms with E-state index >= 15 is 0 Å². The highest BCUT2D eigenvalue weighted by atomic mass is 79.9. The zero-order chi connectivity index (χ0) is 12.5. The molecule has 0 aliphatic heterocycles. The molecule has 0 saturated carbocycles. The maximum absolute atomic E-state index is 5.13. The van der Waals surface area contributed by atoms with Crippen molar-refractivity contribution in [1.29, 1.82) is 0 Å². The normalized spacial score (nSPS) is 10.8. The van der Waals surface area contributed by atoms with E-state index in [0.29, 0.717) is 5.82 Å². The molecule has 0 radical (unpaired) electrons. The average molecular weight is 304 g/mol. The molecule has 0 N–H and O–H groups in total. The summed E-state index contributed by atoms with van der Waals surface area (Å²) in [5.41, 5.74) is 1.77. The lowest BCUT2D eigenvalue weighted by Gasteiger charge is -1.99. The molecule has 0 bridgehead atoms. The van der Waals surface area contributed by atoms with Crippen LogP contribution in [0.4, 0.5) is 0 Å². The summed E-state index contributed by atoms with van der Waals surface area (Å²) in [7, 11) is 1.65. The number of hydrogen-bond donors (Lipinski definition) is 0. The predicted molar refractivity (Wildman–Crippen MR) is 72.7 cm³/mol.